The van der Waals surface area contributed by atoms with Crippen LogP contribution in [0, 0.1) is 5.82 Å². The van der Waals surface area contributed by atoms with Gasteiger partial charge in [0.25, 0.3) is 0 Å². The van der Waals surface area contributed by atoms with Gasteiger partial charge in [-0.05, 0) is 18.6 Å². The summed E-state index contributed by atoms with van der Waals surface area (Å²) < 4.78 is 18.5. The second-order valence-corrected chi connectivity index (χ2v) is 4.63. The van der Waals surface area contributed by atoms with Crippen molar-refractivity contribution in [2.45, 2.75) is 20.0 Å². The molecule has 2 N–H and O–H groups in total. The number of anilines is 1. The average molecular weight is 291 g/mol. The van der Waals surface area contributed by atoms with Gasteiger partial charge in [0.1, 0.15) is 17.4 Å². The van der Waals surface area contributed by atoms with Gasteiger partial charge in [0.2, 0.25) is 0 Å². The van der Waals surface area contributed by atoms with E-state index in [4.69, 9.17) is 4.74 Å². The number of halogens is 1. The molecule has 0 fully saturated rings. The summed E-state index contributed by atoms with van der Waals surface area (Å²) in [6.45, 7) is 3.16. The fourth-order valence-electron chi connectivity index (χ4n) is 1.90. The highest BCUT2D eigenvalue weighted by atomic mass is 19.1. The first kappa shape index (κ1) is 15.2. The summed E-state index contributed by atoms with van der Waals surface area (Å²) in [6.07, 6.45) is 0.958. The number of nitrogens with zero attached hydrogens (tertiary/aromatic N) is 2. The Labute approximate surface area is 122 Å². The number of ether oxygens (including phenoxy) is 1. The normalized spacial score (nSPS) is 10.6. The molecule has 5 nitrogen and oxygen atoms in total. The van der Waals surface area contributed by atoms with Crippen molar-refractivity contribution in [1.29, 1.82) is 0 Å². The third-order valence-electron chi connectivity index (χ3n) is 2.77. The smallest absolute Gasteiger partial charge is 0.162 e. The van der Waals surface area contributed by atoms with Crippen LogP contribution in [-0.4, -0.2) is 28.7 Å². The molecule has 0 aliphatic carbocycles. The predicted octanol–water partition coefficient (Wildman–Crippen LogP) is 2.96. The second kappa shape index (κ2) is 6.99. The van der Waals surface area contributed by atoms with Crippen LogP contribution in [0.5, 0.6) is 5.75 Å². The number of benzene rings is 1. The molecule has 0 unspecified atom stereocenters. The number of aromatic hydroxyl groups is 1. The largest absolute Gasteiger partial charge is 0.508 e. The van der Waals surface area contributed by atoms with E-state index in [9.17, 15) is 9.50 Å². The van der Waals surface area contributed by atoms with E-state index in [2.05, 4.69) is 22.2 Å². The van der Waals surface area contributed by atoms with E-state index in [0.717, 1.165) is 19.0 Å². The zero-order chi connectivity index (χ0) is 15.2. The van der Waals surface area contributed by atoms with Crippen molar-refractivity contribution in [2.24, 2.45) is 0 Å². The van der Waals surface area contributed by atoms with Gasteiger partial charge in [0.15, 0.2) is 5.82 Å². The molecule has 0 bridgehead atoms. The third kappa shape index (κ3) is 4.13. The molecule has 1 aromatic carbocycles. The molecular weight excluding hydrogens is 273 g/mol. The molecule has 0 saturated carbocycles. The topological polar surface area (TPSA) is 67.3 Å². The molecule has 0 saturated heterocycles. The van der Waals surface area contributed by atoms with Crippen LogP contribution in [0.1, 0.15) is 19.0 Å². The number of aromatic nitrogens is 2. The molecular formula is C15H18FN3O2. The van der Waals surface area contributed by atoms with Gasteiger partial charge in [-0.15, -0.1) is 0 Å². The third-order valence-corrected chi connectivity index (χ3v) is 2.77. The van der Waals surface area contributed by atoms with Crippen LogP contribution in [0.2, 0.25) is 0 Å². The Morgan fingerprint density at radius 3 is 2.71 bits per heavy atom. The monoisotopic (exact) mass is 291 g/mol. The second-order valence-electron chi connectivity index (χ2n) is 4.63. The number of methoxy groups -OCH3 is 1. The highest BCUT2D eigenvalue weighted by Gasteiger charge is 2.09. The van der Waals surface area contributed by atoms with E-state index in [1.54, 1.807) is 13.2 Å². The number of hydrogen-bond acceptors (Lipinski definition) is 5. The first-order valence-electron chi connectivity index (χ1n) is 6.73. The Balaban J connectivity index is 2.42. The van der Waals surface area contributed by atoms with Gasteiger partial charge in [-0.2, -0.15) is 0 Å². The molecule has 6 heteroatoms. The van der Waals surface area contributed by atoms with E-state index in [-0.39, 0.29) is 5.75 Å². The summed E-state index contributed by atoms with van der Waals surface area (Å²) in [4.78, 5) is 8.68. The minimum Gasteiger partial charge on any atom is -0.508 e. The van der Waals surface area contributed by atoms with Crippen LogP contribution in [0.4, 0.5) is 10.2 Å². The standard InChI is InChI=1S/C15H18FN3O2/c1-3-4-17-14-8-12(9-21-2)18-15(19-14)10-5-11(16)7-13(20)6-10/h5-8,20H,3-4,9H2,1-2H3,(H,17,18,19). The first-order chi connectivity index (χ1) is 10.1. The number of phenols is 1. The van der Waals surface area contributed by atoms with Crippen LogP contribution in [-0.2, 0) is 11.3 Å². The van der Waals surface area contributed by atoms with Crippen LogP contribution in [0.15, 0.2) is 24.3 Å². The molecule has 2 aromatic rings. The van der Waals surface area contributed by atoms with E-state index in [0.29, 0.717) is 29.5 Å². The minimum atomic E-state index is -0.534. The van der Waals surface area contributed by atoms with E-state index >= 15 is 0 Å². The minimum absolute atomic E-state index is 0.159. The van der Waals surface area contributed by atoms with Crippen LogP contribution in [0.3, 0.4) is 0 Å². The van der Waals surface area contributed by atoms with Gasteiger partial charge in [-0.3, -0.25) is 0 Å². The van der Waals surface area contributed by atoms with Gasteiger partial charge in [0, 0.05) is 31.4 Å². The molecule has 1 aromatic heterocycles. The Morgan fingerprint density at radius 1 is 1.24 bits per heavy atom. The number of rotatable bonds is 6. The molecule has 0 amide bonds. The Morgan fingerprint density at radius 2 is 2.05 bits per heavy atom. The molecule has 0 spiro atoms. The summed E-state index contributed by atoms with van der Waals surface area (Å²) in [6, 6.07) is 5.55. The molecule has 112 valence electrons. The Hall–Kier alpha value is -2.21. The van der Waals surface area contributed by atoms with Crippen molar-refractivity contribution in [3.8, 4) is 17.1 Å². The molecule has 0 aliphatic heterocycles. The van der Waals surface area contributed by atoms with Crippen LogP contribution < -0.4 is 5.32 Å². The predicted molar refractivity (Wildman–Crippen MR) is 78.6 cm³/mol. The SMILES string of the molecule is CCCNc1cc(COC)nc(-c2cc(O)cc(F)c2)n1. The highest BCUT2D eigenvalue weighted by molar-refractivity contribution is 5.59. The lowest BCUT2D eigenvalue weighted by Gasteiger charge is -2.09. The van der Waals surface area contributed by atoms with Crippen molar-refractivity contribution < 1.29 is 14.2 Å². The van der Waals surface area contributed by atoms with E-state index in [1.807, 2.05) is 0 Å². The van der Waals surface area contributed by atoms with Gasteiger partial charge >= 0.3 is 0 Å². The maximum Gasteiger partial charge on any atom is 0.162 e. The lowest BCUT2D eigenvalue weighted by molar-refractivity contribution is 0.181. The lowest BCUT2D eigenvalue weighted by Crippen LogP contribution is -2.06. The van der Waals surface area contributed by atoms with E-state index in [1.165, 1.54) is 12.1 Å². The van der Waals surface area contributed by atoms with Gasteiger partial charge < -0.3 is 15.2 Å². The Bertz CT molecular complexity index is 600. The molecule has 21 heavy (non-hydrogen) atoms. The summed E-state index contributed by atoms with van der Waals surface area (Å²) in [5.74, 6) is 0.304. The zero-order valence-electron chi connectivity index (χ0n) is 12.1. The van der Waals surface area contributed by atoms with Crippen molar-refractivity contribution in [3.05, 3.63) is 35.8 Å². The zero-order valence-corrected chi connectivity index (χ0v) is 12.1. The number of phenolic OH excluding ortho intramolecular Hbond substituents is 1. The lowest BCUT2D eigenvalue weighted by atomic mass is 10.2. The summed E-state index contributed by atoms with van der Waals surface area (Å²) >= 11 is 0. The molecule has 0 atom stereocenters. The van der Waals surface area contributed by atoms with Crippen molar-refractivity contribution in [1.82, 2.24) is 9.97 Å². The molecule has 1 heterocycles. The van der Waals surface area contributed by atoms with Gasteiger partial charge in [-0.25, -0.2) is 14.4 Å². The van der Waals surface area contributed by atoms with Crippen LogP contribution in [0.25, 0.3) is 11.4 Å². The summed E-state index contributed by atoms with van der Waals surface area (Å²) in [5.41, 5.74) is 1.11. The van der Waals surface area contributed by atoms with Gasteiger partial charge in [-0.1, -0.05) is 6.92 Å². The van der Waals surface area contributed by atoms with Crippen molar-refractivity contribution in [2.75, 3.05) is 19.0 Å². The quantitative estimate of drug-likeness (QED) is 0.856. The molecule has 0 aliphatic rings. The molecule has 2 rings (SSSR count). The maximum atomic E-state index is 13.4. The fraction of sp³-hybridized carbons (Fsp3) is 0.333. The van der Waals surface area contributed by atoms with Crippen LogP contribution >= 0.6 is 0 Å². The van der Waals surface area contributed by atoms with Crippen molar-refractivity contribution >= 4 is 5.82 Å². The average Bonchev–Trinajstić information content (AvgIpc) is 2.44. The summed E-state index contributed by atoms with van der Waals surface area (Å²) in [7, 11) is 1.58. The van der Waals surface area contributed by atoms with Gasteiger partial charge in [0.05, 0.1) is 12.3 Å². The number of hydrogen-bond donors (Lipinski definition) is 2. The summed E-state index contributed by atoms with van der Waals surface area (Å²) in [5, 5.41) is 12.7. The molecule has 0 radical (unpaired) electrons. The Kier molecular flexibility index (Phi) is 5.05. The maximum absolute atomic E-state index is 13.4. The van der Waals surface area contributed by atoms with E-state index < -0.39 is 5.82 Å². The number of nitrogens with one attached hydrogen (secondary N) is 1. The van der Waals surface area contributed by atoms with Crippen molar-refractivity contribution in [3.63, 3.8) is 0 Å². The fourth-order valence-corrected chi connectivity index (χ4v) is 1.90. The first-order valence-corrected chi connectivity index (χ1v) is 6.73. The highest BCUT2D eigenvalue weighted by Crippen LogP contribution is 2.24.